The van der Waals surface area contributed by atoms with Crippen LogP contribution in [0.2, 0.25) is 0 Å². The van der Waals surface area contributed by atoms with Gasteiger partial charge < -0.3 is 5.11 Å². The highest BCUT2D eigenvalue weighted by molar-refractivity contribution is 6.00. The van der Waals surface area contributed by atoms with Gasteiger partial charge >= 0.3 is 6.18 Å². The molecule has 0 radical (unpaired) electrons. The number of halogens is 3. The Kier molecular flexibility index (Phi) is 3.71. The summed E-state index contributed by atoms with van der Waals surface area (Å²) >= 11 is 0. The Labute approximate surface area is 131 Å². The second-order valence-corrected chi connectivity index (χ2v) is 6.05. The molecule has 1 aromatic carbocycles. The Morgan fingerprint density at radius 3 is 2.70 bits per heavy atom. The summed E-state index contributed by atoms with van der Waals surface area (Å²) in [6, 6.07) is 6.34. The van der Waals surface area contributed by atoms with Gasteiger partial charge in [-0.15, -0.1) is 0 Å². The molecule has 7 heteroatoms. The zero-order chi connectivity index (χ0) is 16.8. The molecule has 1 amide bonds. The van der Waals surface area contributed by atoms with Crippen molar-refractivity contribution in [1.29, 1.82) is 0 Å². The Hall–Kier alpha value is -1.89. The van der Waals surface area contributed by atoms with Crippen molar-refractivity contribution in [3.63, 3.8) is 0 Å². The van der Waals surface area contributed by atoms with Crippen molar-refractivity contribution in [3.8, 4) is 0 Å². The molecule has 0 bridgehead atoms. The highest BCUT2D eigenvalue weighted by Crippen LogP contribution is 2.48. The van der Waals surface area contributed by atoms with Crippen molar-refractivity contribution >= 4 is 11.6 Å². The van der Waals surface area contributed by atoms with Gasteiger partial charge in [0.25, 0.3) is 11.6 Å². The summed E-state index contributed by atoms with van der Waals surface area (Å²) in [6.45, 7) is 1.64. The Bertz CT molecular complexity index is 672. The van der Waals surface area contributed by atoms with Crippen molar-refractivity contribution < 1.29 is 23.1 Å². The fraction of sp³-hybridized carbons (Fsp3) is 0.500. The van der Waals surface area contributed by atoms with Crippen molar-refractivity contribution in [3.05, 3.63) is 35.4 Å². The van der Waals surface area contributed by atoms with Gasteiger partial charge in [0.05, 0.1) is 5.92 Å². The maximum absolute atomic E-state index is 13.6. The van der Waals surface area contributed by atoms with Crippen LogP contribution in [0.25, 0.3) is 0 Å². The van der Waals surface area contributed by atoms with E-state index in [-0.39, 0.29) is 22.7 Å². The van der Waals surface area contributed by atoms with E-state index < -0.39 is 23.7 Å². The zero-order valence-electron chi connectivity index (χ0n) is 12.6. The van der Waals surface area contributed by atoms with Gasteiger partial charge in [-0.3, -0.25) is 4.79 Å². The van der Waals surface area contributed by atoms with E-state index in [1.165, 1.54) is 6.07 Å². The molecule has 1 N–H and O–H groups in total. The molecule has 1 aromatic rings. The van der Waals surface area contributed by atoms with Gasteiger partial charge in [0.1, 0.15) is 0 Å². The summed E-state index contributed by atoms with van der Waals surface area (Å²) in [5, 5.41) is 14.6. The van der Waals surface area contributed by atoms with Crippen LogP contribution >= 0.6 is 0 Å². The Morgan fingerprint density at radius 1 is 1.35 bits per heavy atom. The summed E-state index contributed by atoms with van der Waals surface area (Å²) in [7, 11) is 0. The Balaban J connectivity index is 2.07. The van der Waals surface area contributed by atoms with Crippen LogP contribution in [-0.4, -0.2) is 33.6 Å². The summed E-state index contributed by atoms with van der Waals surface area (Å²) in [5.41, 5.74) is -2.35. The highest BCUT2D eigenvalue weighted by Gasteiger charge is 2.68. The molecular weight excluding hydrogens is 309 g/mol. The van der Waals surface area contributed by atoms with E-state index in [9.17, 15) is 23.1 Å². The monoisotopic (exact) mass is 326 g/mol. The number of hydrogen-bond donors (Lipinski definition) is 1. The normalized spacial score (nSPS) is 27.6. The van der Waals surface area contributed by atoms with Crippen LogP contribution in [0, 0.1) is 12.8 Å². The molecule has 4 nitrogen and oxygen atoms in total. The molecule has 1 heterocycles. The first-order valence-electron chi connectivity index (χ1n) is 7.53. The van der Waals surface area contributed by atoms with Crippen LogP contribution in [0.3, 0.4) is 0 Å². The molecule has 2 unspecified atom stereocenters. The number of carbonyl (C=O) groups is 1. The van der Waals surface area contributed by atoms with Gasteiger partial charge in [-0.1, -0.05) is 24.6 Å². The standard InChI is InChI=1S/C16H17F3N2O2/c1-10-6-2-3-7-11(10)14(22)21-15(23,16(17,18)19)12-8-4-5-9-13(12)20-21/h2-3,6-7,12,23H,4-5,8-9H2,1H3. The van der Waals surface area contributed by atoms with E-state index in [0.29, 0.717) is 18.4 Å². The van der Waals surface area contributed by atoms with Gasteiger partial charge in [-0.05, 0) is 37.8 Å². The molecule has 2 atom stereocenters. The van der Waals surface area contributed by atoms with Crippen LogP contribution < -0.4 is 0 Å². The lowest BCUT2D eigenvalue weighted by molar-refractivity contribution is -0.312. The van der Waals surface area contributed by atoms with E-state index >= 15 is 0 Å². The predicted octanol–water partition coefficient (Wildman–Crippen LogP) is 3.25. The second-order valence-electron chi connectivity index (χ2n) is 6.05. The lowest BCUT2D eigenvalue weighted by atomic mass is 9.80. The number of aryl methyl sites for hydroxylation is 1. The van der Waals surface area contributed by atoms with Crippen LogP contribution in [-0.2, 0) is 0 Å². The third-order valence-electron chi connectivity index (χ3n) is 4.60. The average Bonchev–Trinajstić information content (AvgIpc) is 2.82. The zero-order valence-corrected chi connectivity index (χ0v) is 12.6. The number of benzene rings is 1. The molecule has 23 heavy (non-hydrogen) atoms. The molecule has 3 rings (SSSR count). The third-order valence-corrected chi connectivity index (χ3v) is 4.60. The van der Waals surface area contributed by atoms with Crippen molar-refractivity contribution in [2.45, 2.75) is 44.5 Å². The molecule has 1 saturated carbocycles. The molecule has 2 aliphatic rings. The number of nitrogens with zero attached hydrogens (tertiary/aromatic N) is 2. The molecule has 0 spiro atoms. The van der Waals surface area contributed by atoms with E-state index in [4.69, 9.17) is 0 Å². The number of carbonyl (C=O) groups excluding carboxylic acids is 1. The molecule has 1 fully saturated rings. The van der Waals surface area contributed by atoms with Gasteiger partial charge in [-0.25, -0.2) is 0 Å². The lowest BCUT2D eigenvalue weighted by Gasteiger charge is -2.38. The van der Waals surface area contributed by atoms with Crippen LogP contribution in [0.15, 0.2) is 29.4 Å². The molecule has 0 aromatic heterocycles. The minimum Gasteiger partial charge on any atom is -0.362 e. The molecular formula is C16H17F3N2O2. The topological polar surface area (TPSA) is 52.9 Å². The van der Waals surface area contributed by atoms with E-state index in [1.54, 1.807) is 25.1 Å². The van der Waals surface area contributed by atoms with Crippen molar-refractivity contribution in [1.82, 2.24) is 5.01 Å². The smallest absolute Gasteiger partial charge is 0.362 e. The van der Waals surface area contributed by atoms with E-state index in [0.717, 1.165) is 6.42 Å². The summed E-state index contributed by atoms with van der Waals surface area (Å²) in [4.78, 5) is 12.6. The summed E-state index contributed by atoms with van der Waals surface area (Å²) in [6.07, 6.45) is -3.13. The first kappa shape index (κ1) is 16.0. The SMILES string of the molecule is Cc1ccccc1C(=O)N1N=C2CCCCC2C1(O)C(F)(F)F. The summed E-state index contributed by atoms with van der Waals surface area (Å²) in [5.74, 6) is -2.10. The first-order valence-corrected chi connectivity index (χ1v) is 7.53. The molecule has 1 aliphatic heterocycles. The van der Waals surface area contributed by atoms with Crippen molar-refractivity contribution in [2.24, 2.45) is 11.0 Å². The lowest BCUT2D eigenvalue weighted by Crippen LogP contribution is -2.61. The van der Waals surface area contributed by atoms with E-state index in [2.05, 4.69) is 5.10 Å². The fourth-order valence-electron chi connectivity index (χ4n) is 3.35. The van der Waals surface area contributed by atoms with E-state index in [1.807, 2.05) is 0 Å². The van der Waals surface area contributed by atoms with Crippen LogP contribution in [0.5, 0.6) is 0 Å². The largest absolute Gasteiger partial charge is 0.439 e. The quantitative estimate of drug-likeness (QED) is 0.861. The number of hydrazone groups is 1. The predicted molar refractivity (Wildman–Crippen MR) is 77.7 cm³/mol. The van der Waals surface area contributed by atoms with Crippen molar-refractivity contribution in [2.75, 3.05) is 0 Å². The number of amides is 1. The number of rotatable bonds is 1. The highest BCUT2D eigenvalue weighted by atomic mass is 19.4. The summed E-state index contributed by atoms with van der Waals surface area (Å²) < 4.78 is 40.9. The van der Waals surface area contributed by atoms with Crippen LogP contribution in [0.4, 0.5) is 13.2 Å². The van der Waals surface area contributed by atoms with Gasteiger partial charge in [-0.2, -0.15) is 23.3 Å². The number of hydrogen-bond acceptors (Lipinski definition) is 3. The second kappa shape index (κ2) is 5.33. The average molecular weight is 326 g/mol. The Morgan fingerprint density at radius 2 is 2.04 bits per heavy atom. The molecule has 1 aliphatic carbocycles. The maximum Gasteiger partial charge on any atom is 0.439 e. The minimum atomic E-state index is -4.97. The number of aliphatic hydroxyl groups is 1. The third kappa shape index (κ3) is 2.34. The number of alkyl halides is 3. The molecule has 0 saturated heterocycles. The van der Waals surface area contributed by atoms with Crippen LogP contribution in [0.1, 0.15) is 41.6 Å². The fourth-order valence-corrected chi connectivity index (χ4v) is 3.35. The van der Waals surface area contributed by atoms with Gasteiger partial charge in [0.2, 0.25) is 0 Å². The molecule has 124 valence electrons. The van der Waals surface area contributed by atoms with Gasteiger partial charge in [0.15, 0.2) is 0 Å². The minimum absolute atomic E-state index is 0.109. The number of fused-ring (bicyclic) bond motifs is 1. The first-order chi connectivity index (χ1) is 10.8. The maximum atomic E-state index is 13.6. The van der Waals surface area contributed by atoms with Gasteiger partial charge in [0, 0.05) is 11.3 Å².